The Labute approximate surface area is 140 Å². The van der Waals surface area contributed by atoms with Gasteiger partial charge in [-0.05, 0) is 12.5 Å². The highest BCUT2D eigenvalue weighted by Gasteiger charge is 2.46. The van der Waals surface area contributed by atoms with Gasteiger partial charge in [0.2, 0.25) is 17.7 Å². The fraction of sp³-hybridized carbons (Fsp3) is 0.471. The zero-order valence-electron chi connectivity index (χ0n) is 14.1. The van der Waals surface area contributed by atoms with Crippen LogP contribution in [0.4, 0.5) is 0 Å². The van der Waals surface area contributed by atoms with Crippen LogP contribution in [-0.4, -0.2) is 43.9 Å². The van der Waals surface area contributed by atoms with Crippen molar-refractivity contribution in [3.05, 3.63) is 35.9 Å². The summed E-state index contributed by atoms with van der Waals surface area (Å²) in [5, 5.41) is 0. The number of rotatable bonds is 5. The lowest BCUT2D eigenvalue weighted by atomic mass is 9.98. The average Bonchev–Trinajstić information content (AvgIpc) is 2.54. The number of carbonyl (C=O) groups excluding carboxylic acids is 2. The Bertz CT molecular complexity index is 629. The Hall–Kier alpha value is -2.41. The van der Waals surface area contributed by atoms with Crippen LogP contribution in [0.15, 0.2) is 35.3 Å². The quantitative estimate of drug-likeness (QED) is 0.766. The van der Waals surface area contributed by atoms with Crippen molar-refractivity contribution in [1.29, 1.82) is 0 Å². The molecule has 0 aromatic heterocycles. The summed E-state index contributed by atoms with van der Waals surface area (Å²) in [5.74, 6) is -0.907. The van der Waals surface area contributed by atoms with Crippen LogP contribution in [0.3, 0.4) is 0 Å². The van der Waals surface area contributed by atoms with Crippen LogP contribution >= 0.6 is 0 Å². The van der Waals surface area contributed by atoms with Crippen molar-refractivity contribution in [1.82, 2.24) is 0 Å². The van der Waals surface area contributed by atoms with Crippen LogP contribution < -0.4 is 0 Å². The third kappa shape index (κ3) is 3.91. The zero-order valence-corrected chi connectivity index (χ0v) is 14.1. The van der Waals surface area contributed by atoms with Crippen LogP contribution in [0.2, 0.25) is 0 Å². The highest BCUT2D eigenvalue weighted by Crippen LogP contribution is 2.32. The van der Waals surface area contributed by atoms with Crippen LogP contribution in [-0.2, 0) is 28.5 Å². The second kappa shape index (κ2) is 7.44. The second-order valence-corrected chi connectivity index (χ2v) is 5.59. The summed E-state index contributed by atoms with van der Waals surface area (Å²) < 4.78 is 21.3. The molecule has 0 fully saturated rings. The van der Waals surface area contributed by atoms with E-state index < -0.39 is 29.9 Å². The molecule has 1 aliphatic rings. The summed E-state index contributed by atoms with van der Waals surface area (Å²) in [4.78, 5) is 27.7. The number of carbonyl (C=O) groups is 2. The molecular weight excluding hydrogens is 314 g/mol. The van der Waals surface area contributed by atoms with E-state index in [-0.39, 0.29) is 12.3 Å². The predicted molar refractivity (Wildman–Crippen MR) is 85.3 cm³/mol. The van der Waals surface area contributed by atoms with Gasteiger partial charge in [-0.3, -0.25) is 4.79 Å². The summed E-state index contributed by atoms with van der Waals surface area (Å²) in [6.07, 6.45) is -1.42. The SMILES string of the molecule is COC(=O)[C@@]1(C)CC(OC(C)=O)N=C(C(OC)c2ccccc2)O1. The Kier molecular flexibility index (Phi) is 5.56. The molecule has 0 spiro atoms. The van der Waals surface area contributed by atoms with E-state index in [4.69, 9.17) is 18.9 Å². The maximum absolute atomic E-state index is 12.1. The Morgan fingerprint density at radius 1 is 1.29 bits per heavy atom. The van der Waals surface area contributed by atoms with E-state index in [0.717, 1.165) is 5.56 Å². The van der Waals surface area contributed by atoms with Crippen molar-refractivity contribution in [2.75, 3.05) is 14.2 Å². The third-order valence-corrected chi connectivity index (χ3v) is 3.65. The van der Waals surface area contributed by atoms with E-state index in [1.54, 1.807) is 6.92 Å². The van der Waals surface area contributed by atoms with Crippen molar-refractivity contribution < 1.29 is 28.5 Å². The van der Waals surface area contributed by atoms with Gasteiger partial charge in [-0.1, -0.05) is 30.3 Å². The average molecular weight is 335 g/mol. The number of methoxy groups -OCH3 is 2. The number of aliphatic imine (C=N–C) groups is 1. The molecule has 2 unspecified atom stereocenters. The maximum Gasteiger partial charge on any atom is 0.350 e. The van der Waals surface area contributed by atoms with E-state index in [2.05, 4.69) is 4.99 Å². The number of benzene rings is 1. The van der Waals surface area contributed by atoms with Gasteiger partial charge in [0.1, 0.15) is 0 Å². The van der Waals surface area contributed by atoms with Gasteiger partial charge in [0.05, 0.1) is 13.5 Å². The normalized spacial score (nSPS) is 24.3. The molecule has 7 nitrogen and oxygen atoms in total. The van der Waals surface area contributed by atoms with Crippen molar-refractivity contribution in [2.45, 2.75) is 38.2 Å². The first-order chi connectivity index (χ1) is 11.4. The lowest BCUT2D eigenvalue weighted by molar-refractivity contribution is -0.169. The lowest BCUT2D eigenvalue weighted by Gasteiger charge is -2.36. The smallest absolute Gasteiger partial charge is 0.350 e. The molecule has 1 aromatic carbocycles. The van der Waals surface area contributed by atoms with Crippen molar-refractivity contribution >= 4 is 17.8 Å². The molecule has 2 rings (SSSR count). The molecule has 0 saturated carbocycles. The van der Waals surface area contributed by atoms with Gasteiger partial charge in [0.25, 0.3) is 0 Å². The zero-order chi connectivity index (χ0) is 17.7. The van der Waals surface area contributed by atoms with Crippen LogP contribution in [0.5, 0.6) is 0 Å². The van der Waals surface area contributed by atoms with Gasteiger partial charge in [0.15, 0.2) is 6.10 Å². The number of esters is 2. The molecule has 24 heavy (non-hydrogen) atoms. The molecule has 0 bridgehead atoms. The van der Waals surface area contributed by atoms with E-state index >= 15 is 0 Å². The first-order valence-corrected chi connectivity index (χ1v) is 7.49. The number of nitrogens with zero attached hydrogens (tertiary/aromatic N) is 1. The summed E-state index contributed by atoms with van der Waals surface area (Å²) in [6, 6.07) is 9.29. The summed E-state index contributed by atoms with van der Waals surface area (Å²) >= 11 is 0. The predicted octanol–water partition coefficient (Wildman–Crippen LogP) is 2.01. The molecule has 130 valence electrons. The van der Waals surface area contributed by atoms with Gasteiger partial charge in [-0.15, -0.1) is 0 Å². The van der Waals surface area contributed by atoms with Crippen LogP contribution in [0.25, 0.3) is 0 Å². The van der Waals surface area contributed by atoms with Gasteiger partial charge < -0.3 is 18.9 Å². The molecule has 1 aliphatic heterocycles. The third-order valence-electron chi connectivity index (χ3n) is 3.65. The minimum absolute atomic E-state index is 0.0635. The first kappa shape index (κ1) is 17.9. The number of hydrogen-bond acceptors (Lipinski definition) is 7. The molecule has 1 heterocycles. The fourth-order valence-electron chi connectivity index (χ4n) is 2.55. The maximum atomic E-state index is 12.1. The topological polar surface area (TPSA) is 83.4 Å². The minimum Gasteiger partial charge on any atom is -0.466 e. The number of hydrogen-bond donors (Lipinski definition) is 0. The molecular formula is C17H21NO6. The molecule has 0 saturated heterocycles. The molecule has 0 amide bonds. The molecule has 3 atom stereocenters. The summed E-state index contributed by atoms with van der Waals surface area (Å²) in [6.45, 7) is 2.85. The number of ether oxygens (including phenoxy) is 4. The molecule has 0 aliphatic carbocycles. The molecule has 7 heteroatoms. The Balaban J connectivity index is 2.38. The Morgan fingerprint density at radius 2 is 1.96 bits per heavy atom. The monoisotopic (exact) mass is 335 g/mol. The van der Waals surface area contributed by atoms with E-state index in [1.165, 1.54) is 21.1 Å². The van der Waals surface area contributed by atoms with Crippen molar-refractivity contribution in [3.8, 4) is 0 Å². The highest BCUT2D eigenvalue weighted by atomic mass is 16.6. The van der Waals surface area contributed by atoms with Crippen molar-refractivity contribution in [3.63, 3.8) is 0 Å². The lowest BCUT2D eigenvalue weighted by Crippen LogP contribution is -2.49. The first-order valence-electron chi connectivity index (χ1n) is 7.49. The molecule has 0 N–H and O–H groups in total. The minimum atomic E-state index is -1.32. The highest BCUT2D eigenvalue weighted by molar-refractivity contribution is 5.89. The van der Waals surface area contributed by atoms with E-state index in [9.17, 15) is 9.59 Å². The van der Waals surface area contributed by atoms with Gasteiger partial charge in [-0.25, -0.2) is 9.79 Å². The van der Waals surface area contributed by atoms with Crippen molar-refractivity contribution in [2.24, 2.45) is 4.99 Å². The Morgan fingerprint density at radius 3 is 2.50 bits per heavy atom. The van der Waals surface area contributed by atoms with Gasteiger partial charge >= 0.3 is 11.9 Å². The molecule has 0 radical (unpaired) electrons. The van der Waals surface area contributed by atoms with E-state index in [0.29, 0.717) is 0 Å². The van der Waals surface area contributed by atoms with Gasteiger partial charge in [0, 0.05) is 14.0 Å². The molecule has 1 aromatic rings. The standard InChI is InChI=1S/C17H21NO6/c1-11(19)23-13-10-17(2,16(20)22-4)24-15(18-13)14(21-3)12-8-6-5-7-9-12/h5-9,13-14H,10H2,1-4H3/t13?,14?,17-/m1/s1. The van der Waals surface area contributed by atoms with Gasteiger partial charge in [-0.2, -0.15) is 0 Å². The fourth-order valence-corrected chi connectivity index (χ4v) is 2.55. The summed E-state index contributed by atoms with van der Waals surface area (Å²) in [7, 11) is 2.78. The van der Waals surface area contributed by atoms with Crippen LogP contribution in [0.1, 0.15) is 31.9 Å². The summed E-state index contributed by atoms with van der Waals surface area (Å²) in [5.41, 5.74) is -0.522. The second-order valence-electron chi connectivity index (χ2n) is 5.59. The van der Waals surface area contributed by atoms with Crippen LogP contribution in [0, 0.1) is 0 Å². The largest absolute Gasteiger partial charge is 0.466 e. The van der Waals surface area contributed by atoms with E-state index in [1.807, 2.05) is 30.3 Å².